The Hall–Kier alpha value is -6.81. The predicted octanol–water partition coefficient (Wildman–Crippen LogP) is 14.7. The lowest BCUT2D eigenvalue weighted by atomic mass is 9.80. The summed E-state index contributed by atoms with van der Waals surface area (Å²) in [4.78, 5) is 39.1. The van der Waals surface area contributed by atoms with Crippen LogP contribution in [0.1, 0.15) is 117 Å². The van der Waals surface area contributed by atoms with Crippen LogP contribution in [-0.2, 0) is 62.8 Å². The number of amides is 2. The molecule has 8 rings (SSSR count). The van der Waals surface area contributed by atoms with E-state index in [2.05, 4.69) is 110 Å². The van der Waals surface area contributed by atoms with E-state index in [0.717, 1.165) is 98.0 Å². The third-order valence-corrected chi connectivity index (χ3v) is 14.9. The third-order valence-electron chi connectivity index (χ3n) is 14.3. The molecule has 3 aliphatic rings. The Bertz CT molecular complexity index is 2820. The number of hydrogen-bond donors (Lipinski definition) is 2. The number of phenols is 1. The smallest absolute Gasteiger partial charge is 0.330 e. The van der Waals surface area contributed by atoms with Crippen LogP contribution in [0.5, 0.6) is 17.2 Å². The highest BCUT2D eigenvalue weighted by atomic mass is 79.9. The van der Waals surface area contributed by atoms with Crippen molar-refractivity contribution in [2.75, 3.05) is 86.0 Å². The number of ether oxygens (including phenoxy) is 6. The van der Waals surface area contributed by atoms with Gasteiger partial charge in [0.1, 0.15) is 30.5 Å². The van der Waals surface area contributed by atoms with Gasteiger partial charge >= 0.3 is 5.97 Å². The number of halogens is 1. The van der Waals surface area contributed by atoms with Gasteiger partial charge in [-0.2, -0.15) is 0 Å². The molecule has 3 fully saturated rings. The Balaban J connectivity index is 0.000000414. The molecular weight excluding hydrogens is 1150 g/mol. The van der Waals surface area contributed by atoms with Crippen molar-refractivity contribution in [2.24, 2.45) is 0 Å². The van der Waals surface area contributed by atoms with Crippen molar-refractivity contribution in [3.8, 4) is 17.2 Å². The zero-order valence-corrected chi connectivity index (χ0v) is 51.5. The highest BCUT2D eigenvalue weighted by Crippen LogP contribution is 2.35. The van der Waals surface area contributed by atoms with Crippen LogP contribution in [0, 0.1) is 0 Å². The SMILES string of the molecule is C.C.C.C1COCCN1.CC(C)(/C=C/C=C/C(=O)N1CCOCC1)c1cccc(OCc2ccccc2)c1.CC(C)(CCCCC(=O)N1CCOCC1)c1ccc(Br)c(O)c1.COC(=O)/C=C/C=C/C(C)(C)c1cccc(OCc2ccccc2)c1. The van der Waals surface area contributed by atoms with Crippen molar-refractivity contribution in [3.05, 3.63) is 208 Å². The van der Waals surface area contributed by atoms with Crippen molar-refractivity contribution in [1.29, 1.82) is 0 Å². The summed E-state index contributed by atoms with van der Waals surface area (Å²) < 4.78 is 32.7. The molecule has 3 aliphatic heterocycles. The van der Waals surface area contributed by atoms with Gasteiger partial charge in [-0.25, -0.2) is 4.79 Å². The van der Waals surface area contributed by atoms with E-state index < -0.39 is 0 Å². The number of phenolic OH excluding ortho intramolecular Hbond substituents is 1. The van der Waals surface area contributed by atoms with Gasteiger partial charge in [0.15, 0.2) is 0 Å². The zero-order valence-electron chi connectivity index (χ0n) is 49.9. The topological polar surface area (TPSA) is 145 Å². The molecular formula is C72H100BrN3O10. The number of rotatable bonds is 20. The van der Waals surface area contributed by atoms with Gasteiger partial charge in [0.25, 0.3) is 0 Å². The second-order valence-corrected chi connectivity index (χ2v) is 22.9. The molecule has 5 aromatic carbocycles. The number of nitrogens with zero attached hydrogens (tertiary/aromatic N) is 2. The van der Waals surface area contributed by atoms with Gasteiger partial charge < -0.3 is 48.6 Å². The summed E-state index contributed by atoms with van der Waals surface area (Å²) in [5.41, 5.74) is 5.32. The Morgan fingerprint density at radius 2 is 1.05 bits per heavy atom. The van der Waals surface area contributed by atoms with E-state index in [4.69, 9.17) is 23.7 Å². The van der Waals surface area contributed by atoms with E-state index in [1.165, 1.54) is 13.2 Å². The van der Waals surface area contributed by atoms with Crippen LogP contribution in [0.2, 0.25) is 0 Å². The van der Waals surface area contributed by atoms with Crippen LogP contribution in [0.15, 0.2) is 180 Å². The van der Waals surface area contributed by atoms with Crippen molar-refractivity contribution in [2.45, 2.75) is 119 Å². The van der Waals surface area contributed by atoms with Gasteiger partial charge in [0.05, 0.1) is 51.2 Å². The lowest BCUT2D eigenvalue weighted by Crippen LogP contribution is -2.40. The maximum absolute atomic E-state index is 12.2. The maximum atomic E-state index is 12.2. The highest BCUT2D eigenvalue weighted by molar-refractivity contribution is 9.10. The van der Waals surface area contributed by atoms with Crippen molar-refractivity contribution >= 4 is 33.7 Å². The molecule has 14 heteroatoms. The lowest BCUT2D eigenvalue weighted by Gasteiger charge is -2.28. The van der Waals surface area contributed by atoms with Crippen LogP contribution >= 0.6 is 15.9 Å². The largest absolute Gasteiger partial charge is 0.507 e. The zero-order chi connectivity index (χ0) is 59.8. The van der Waals surface area contributed by atoms with Gasteiger partial charge in [-0.15, -0.1) is 0 Å². The summed E-state index contributed by atoms with van der Waals surface area (Å²) in [5, 5.41) is 13.0. The van der Waals surface area contributed by atoms with Gasteiger partial charge in [-0.3, -0.25) is 9.59 Å². The minimum Gasteiger partial charge on any atom is -0.507 e. The molecule has 0 aromatic heterocycles. The number of aromatic hydroxyl groups is 1. The van der Waals surface area contributed by atoms with E-state index in [1.54, 1.807) is 12.2 Å². The summed E-state index contributed by atoms with van der Waals surface area (Å²) >= 11 is 3.31. The standard InChI is InChI=1S/C25H29NO3.C22H24O3.C18H26BrNO3.C4H9NO.3CH4/c1-25(2,14-7-6-13-24(27)26-15-17-28-18-16-26)22-11-8-12-23(19-22)29-20-21-9-4-3-5-10-21;1-22(2,15-8-7-14-21(23)24-3)19-12-9-13-20(16-19)25-17-18-10-5-4-6-11-18;1-18(2,14-6-7-15(19)16(21)13-14)8-4-3-5-17(22)20-9-11-23-12-10-20;1-3-6-4-2-5-1;;;/h3-14,19H,15-18,20H2,1-2H3;4-16H,17H2,1-3H3;6-7,13,21H,3-5,8-12H2,1-2H3;5H,1-4H2;3*1H4/b13-6+,14-7+;14-7+,15-8+;;;;;. The first-order valence-electron chi connectivity index (χ1n) is 28.8. The fraction of sp³-hybridized carbons (Fsp3) is 0.431. The van der Waals surface area contributed by atoms with Crippen LogP contribution in [0.25, 0.3) is 0 Å². The molecule has 3 heterocycles. The average molecular weight is 1250 g/mol. The molecule has 0 radical (unpaired) electrons. The number of carbonyl (C=O) groups is 3. The molecule has 5 aromatic rings. The Morgan fingerprint density at radius 1 is 0.570 bits per heavy atom. The first-order chi connectivity index (χ1) is 40.0. The second kappa shape index (κ2) is 40.5. The molecule has 2 N–H and O–H groups in total. The fourth-order valence-electron chi connectivity index (χ4n) is 8.88. The molecule has 13 nitrogen and oxygen atoms in total. The monoisotopic (exact) mass is 1250 g/mol. The van der Waals surface area contributed by atoms with Gasteiger partial charge in [-0.1, -0.05) is 198 Å². The first-order valence-corrected chi connectivity index (χ1v) is 29.6. The quantitative estimate of drug-likeness (QED) is 0.0332. The number of methoxy groups -OCH3 is 1. The minimum absolute atomic E-state index is 0. The second-order valence-electron chi connectivity index (χ2n) is 22.1. The molecule has 0 unspecified atom stereocenters. The number of esters is 1. The van der Waals surface area contributed by atoms with Crippen LogP contribution in [0.3, 0.4) is 0 Å². The summed E-state index contributed by atoms with van der Waals surface area (Å²) in [6.45, 7) is 23.1. The summed E-state index contributed by atoms with van der Waals surface area (Å²) in [6, 6.07) is 42.2. The molecule has 0 atom stereocenters. The van der Waals surface area contributed by atoms with Crippen LogP contribution < -0.4 is 14.8 Å². The Kier molecular flexibility index (Phi) is 35.5. The maximum Gasteiger partial charge on any atom is 0.330 e. The predicted molar refractivity (Wildman–Crippen MR) is 355 cm³/mol. The molecule has 0 saturated carbocycles. The minimum atomic E-state index is -0.362. The molecule has 3 saturated heterocycles. The number of allylic oxidation sites excluding steroid dienone is 6. The average Bonchev–Trinajstić information content (AvgIpc) is 2.88. The van der Waals surface area contributed by atoms with E-state index in [1.807, 2.05) is 125 Å². The molecule has 0 spiro atoms. The van der Waals surface area contributed by atoms with Crippen molar-refractivity contribution in [1.82, 2.24) is 15.1 Å². The number of carbonyl (C=O) groups excluding carboxylic acids is 3. The van der Waals surface area contributed by atoms with E-state index >= 15 is 0 Å². The van der Waals surface area contributed by atoms with Crippen molar-refractivity contribution in [3.63, 3.8) is 0 Å². The Morgan fingerprint density at radius 3 is 1.50 bits per heavy atom. The van der Waals surface area contributed by atoms with Crippen LogP contribution in [0.4, 0.5) is 0 Å². The summed E-state index contributed by atoms with van der Waals surface area (Å²) in [7, 11) is 1.36. The number of benzene rings is 5. The molecule has 2 amide bonds. The molecule has 0 aliphatic carbocycles. The molecule has 86 heavy (non-hydrogen) atoms. The van der Waals surface area contributed by atoms with E-state index in [0.29, 0.717) is 63.6 Å². The van der Waals surface area contributed by atoms with Crippen molar-refractivity contribution < 1.29 is 47.9 Å². The number of hydrogen-bond acceptors (Lipinski definition) is 11. The van der Waals surface area contributed by atoms with Crippen LogP contribution in [-0.4, -0.2) is 119 Å². The Labute approximate surface area is 524 Å². The van der Waals surface area contributed by atoms with E-state index in [9.17, 15) is 19.5 Å². The summed E-state index contributed by atoms with van der Waals surface area (Å²) in [5.74, 6) is 1.88. The van der Waals surface area contributed by atoms with E-state index in [-0.39, 0.29) is 62.1 Å². The molecule has 470 valence electrons. The number of unbranched alkanes of at least 4 members (excludes halogenated alkanes) is 1. The lowest BCUT2D eigenvalue weighted by molar-refractivity contribution is -0.135. The molecule has 0 bridgehead atoms. The van der Waals surface area contributed by atoms with Gasteiger partial charge in [0.2, 0.25) is 11.8 Å². The highest BCUT2D eigenvalue weighted by Gasteiger charge is 2.23. The fourth-order valence-corrected chi connectivity index (χ4v) is 9.12. The first kappa shape index (κ1) is 75.3. The number of nitrogens with one attached hydrogen (secondary N) is 1. The number of morpholine rings is 3. The van der Waals surface area contributed by atoms with Gasteiger partial charge in [0, 0.05) is 68.7 Å². The third kappa shape index (κ3) is 28.1. The van der Waals surface area contributed by atoms with Gasteiger partial charge in [-0.05, 0) is 98.4 Å². The summed E-state index contributed by atoms with van der Waals surface area (Å²) in [6.07, 6.45) is 18.0. The normalized spacial score (nSPS) is 14.4.